The largest absolute Gasteiger partial charge is 0.399 e. The Hall–Kier alpha value is -2.30. The standard InChI is InChI=1S/C12H15N5/c1-7-10(11(14)17-12(15)16-7)6-8-2-4-9(13)5-3-8/h2-5H,6,13H2,1H3,(H4,14,15,16,17). The van der Waals surface area contributed by atoms with E-state index < -0.39 is 0 Å². The third kappa shape index (κ3) is 2.44. The molecule has 2 rings (SSSR count). The maximum absolute atomic E-state index is 5.84. The van der Waals surface area contributed by atoms with E-state index in [9.17, 15) is 0 Å². The Labute approximate surface area is 99.7 Å². The van der Waals surface area contributed by atoms with Crippen molar-refractivity contribution in [2.45, 2.75) is 13.3 Å². The van der Waals surface area contributed by atoms with Crippen LogP contribution in [0.25, 0.3) is 0 Å². The zero-order chi connectivity index (χ0) is 12.4. The van der Waals surface area contributed by atoms with E-state index in [1.165, 1.54) is 0 Å². The van der Waals surface area contributed by atoms with E-state index in [1.54, 1.807) is 0 Å². The third-order valence-corrected chi connectivity index (χ3v) is 2.62. The van der Waals surface area contributed by atoms with Gasteiger partial charge in [0.05, 0.1) is 0 Å². The molecule has 0 amide bonds. The van der Waals surface area contributed by atoms with Crippen LogP contribution in [-0.4, -0.2) is 9.97 Å². The average molecular weight is 229 g/mol. The summed E-state index contributed by atoms with van der Waals surface area (Å²) in [7, 11) is 0. The van der Waals surface area contributed by atoms with Crippen LogP contribution < -0.4 is 17.2 Å². The van der Waals surface area contributed by atoms with Gasteiger partial charge < -0.3 is 17.2 Å². The van der Waals surface area contributed by atoms with Crippen LogP contribution in [0.5, 0.6) is 0 Å². The van der Waals surface area contributed by atoms with Gasteiger partial charge in [-0.1, -0.05) is 12.1 Å². The van der Waals surface area contributed by atoms with Gasteiger partial charge in [-0.25, -0.2) is 4.98 Å². The van der Waals surface area contributed by atoms with Gasteiger partial charge in [-0.2, -0.15) is 4.98 Å². The number of nitrogens with two attached hydrogens (primary N) is 3. The third-order valence-electron chi connectivity index (χ3n) is 2.62. The van der Waals surface area contributed by atoms with Crippen LogP contribution in [0.2, 0.25) is 0 Å². The summed E-state index contributed by atoms with van der Waals surface area (Å²) in [5.74, 6) is 0.646. The van der Waals surface area contributed by atoms with Crippen LogP contribution in [-0.2, 0) is 6.42 Å². The molecule has 5 nitrogen and oxygen atoms in total. The van der Waals surface area contributed by atoms with Crippen molar-refractivity contribution in [2.24, 2.45) is 0 Å². The molecule has 0 spiro atoms. The second-order valence-corrected chi connectivity index (χ2v) is 3.95. The van der Waals surface area contributed by atoms with Crippen molar-refractivity contribution in [3.05, 3.63) is 41.1 Å². The lowest BCUT2D eigenvalue weighted by Crippen LogP contribution is -2.07. The molecule has 17 heavy (non-hydrogen) atoms. The summed E-state index contributed by atoms with van der Waals surface area (Å²) in [6.07, 6.45) is 0.679. The van der Waals surface area contributed by atoms with E-state index in [1.807, 2.05) is 31.2 Å². The smallest absolute Gasteiger partial charge is 0.222 e. The van der Waals surface area contributed by atoms with Crippen molar-refractivity contribution in [3.63, 3.8) is 0 Å². The average Bonchev–Trinajstić information content (AvgIpc) is 2.26. The highest BCUT2D eigenvalue weighted by molar-refractivity contribution is 5.49. The fourth-order valence-electron chi connectivity index (χ4n) is 1.70. The minimum Gasteiger partial charge on any atom is -0.399 e. The van der Waals surface area contributed by atoms with Crippen molar-refractivity contribution in [1.82, 2.24) is 9.97 Å². The predicted octanol–water partition coefficient (Wildman–Crippen LogP) is 1.12. The topological polar surface area (TPSA) is 104 Å². The molecule has 0 aliphatic heterocycles. The summed E-state index contributed by atoms with van der Waals surface area (Å²) >= 11 is 0. The fraction of sp³-hybridized carbons (Fsp3) is 0.167. The molecule has 1 aromatic heterocycles. The molecule has 0 radical (unpaired) electrons. The van der Waals surface area contributed by atoms with Crippen molar-refractivity contribution in [1.29, 1.82) is 0 Å². The van der Waals surface area contributed by atoms with Gasteiger partial charge in [0.2, 0.25) is 5.95 Å². The molecule has 6 N–H and O–H groups in total. The number of aryl methyl sites for hydroxylation is 1. The Morgan fingerprint density at radius 1 is 1.00 bits per heavy atom. The molecule has 5 heteroatoms. The van der Waals surface area contributed by atoms with Gasteiger partial charge in [0, 0.05) is 23.4 Å². The molecule has 0 saturated carbocycles. The molecule has 88 valence electrons. The lowest BCUT2D eigenvalue weighted by Gasteiger charge is -2.09. The summed E-state index contributed by atoms with van der Waals surface area (Å²) in [4.78, 5) is 8.08. The molecular weight excluding hydrogens is 214 g/mol. The second-order valence-electron chi connectivity index (χ2n) is 3.95. The number of anilines is 3. The molecule has 0 saturated heterocycles. The second kappa shape index (κ2) is 4.29. The molecular formula is C12H15N5. The van der Waals surface area contributed by atoms with Gasteiger partial charge in [-0.15, -0.1) is 0 Å². The van der Waals surface area contributed by atoms with E-state index in [0.717, 1.165) is 22.5 Å². The minimum absolute atomic E-state index is 0.209. The van der Waals surface area contributed by atoms with Crippen LogP contribution in [0.1, 0.15) is 16.8 Å². The summed E-state index contributed by atoms with van der Waals surface area (Å²) in [6.45, 7) is 1.88. The lowest BCUT2D eigenvalue weighted by molar-refractivity contribution is 1.04. The Bertz CT molecular complexity index is 510. The van der Waals surface area contributed by atoms with E-state index in [-0.39, 0.29) is 5.95 Å². The lowest BCUT2D eigenvalue weighted by atomic mass is 10.0. The van der Waals surface area contributed by atoms with Gasteiger partial charge in [-0.3, -0.25) is 0 Å². The molecule has 0 unspecified atom stereocenters. The number of hydrogen-bond donors (Lipinski definition) is 3. The SMILES string of the molecule is Cc1nc(N)nc(N)c1Cc1ccc(N)cc1. The molecule has 1 heterocycles. The monoisotopic (exact) mass is 229 g/mol. The predicted molar refractivity (Wildman–Crippen MR) is 69.3 cm³/mol. The van der Waals surface area contributed by atoms with Gasteiger partial charge in [-0.05, 0) is 24.6 Å². The van der Waals surface area contributed by atoms with Crippen molar-refractivity contribution >= 4 is 17.5 Å². The first-order chi connectivity index (χ1) is 8.06. The van der Waals surface area contributed by atoms with Crippen LogP contribution in [0, 0.1) is 6.92 Å². The van der Waals surface area contributed by atoms with E-state index in [4.69, 9.17) is 17.2 Å². The van der Waals surface area contributed by atoms with Gasteiger partial charge >= 0.3 is 0 Å². The zero-order valence-electron chi connectivity index (χ0n) is 9.64. The molecule has 1 aromatic carbocycles. The van der Waals surface area contributed by atoms with Crippen molar-refractivity contribution in [2.75, 3.05) is 17.2 Å². The fourth-order valence-corrected chi connectivity index (χ4v) is 1.70. The number of hydrogen-bond acceptors (Lipinski definition) is 5. The summed E-state index contributed by atoms with van der Waals surface area (Å²) in [5, 5.41) is 0. The van der Waals surface area contributed by atoms with Crippen molar-refractivity contribution < 1.29 is 0 Å². The summed E-state index contributed by atoms with van der Waals surface area (Å²) in [5.41, 5.74) is 20.6. The summed E-state index contributed by atoms with van der Waals surface area (Å²) < 4.78 is 0. The number of rotatable bonds is 2. The van der Waals surface area contributed by atoms with Crippen molar-refractivity contribution in [3.8, 4) is 0 Å². The summed E-state index contributed by atoms with van der Waals surface area (Å²) in [6, 6.07) is 7.65. The van der Waals surface area contributed by atoms with Gasteiger partial charge in [0.25, 0.3) is 0 Å². The number of aromatic nitrogens is 2. The maximum Gasteiger partial charge on any atom is 0.222 e. The van der Waals surface area contributed by atoms with Gasteiger partial charge in [0.1, 0.15) is 5.82 Å². The molecule has 0 fully saturated rings. The van der Waals surface area contributed by atoms with Gasteiger partial charge in [0.15, 0.2) is 0 Å². The van der Waals surface area contributed by atoms with Crippen LogP contribution >= 0.6 is 0 Å². The highest BCUT2D eigenvalue weighted by Gasteiger charge is 2.08. The van der Waals surface area contributed by atoms with Crippen LogP contribution in [0.3, 0.4) is 0 Å². The molecule has 0 bridgehead atoms. The molecule has 2 aromatic rings. The Balaban J connectivity index is 2.33. The number of nitrogens with zero attached hydrogens (tertiary/aromatic N) is 2. The zero-order valence-corrected chi connectivity index (χ0v) is 9.64. The van der Waals surface area contributed by atoms with Crippen LogP contribution in [0.15, 0.2) is 24.3 Å². The Morgan fingerprint density at radius 3 is 2.24 bits per heavy atom. The first kappa shape index (κ1) is 11.2. The van der Waals surface area contributed by atoms with Crippen LogP contribution in [0.4, 0.5) is 17.5 Å². The van der Waals surface area contributed by atoms with E-state index in [2.05, 4.69) is 9.97 Å². The Morgan fingerprint density at radius 2 is 1.65 bits per heavy atom. The number of benzene rings is 1. The highest BCUT2D eigenvalue weighted by atomic mass is 15.0. The maximum atomic E-state index is 5.84. The quantitative estimate of drug-likeness (QED) is 0.669. The highest BCUT2D eigenvalue weighted by Crippen LogP contribution is 2.19. The first-order valence-electron chi connectivity index (χ1n) is 5.29. The number of nitrogen functional groups attached to an aromatic ring is 3. The normalized spacial score (nSPS) is 10.4. The molecule has 0 atom stereocenters. The molecule has 0 aliphatic rings. The van der Waals surface area contributed by atoms with E-state index in [0.29, 0.717) is 12.2 Å². The Kier molecular flexibility index (Phi) is 2.82. The van der Waals surface area contributed by atoms with E-state index >= 15 is 0 Å². The minimum atomic E-state index is 0.209. The first-order valence-corrected chi connectivity index (χ1v) is 5.29. The molecule has 0 aliphatic carbocycles.